The van der Waals surface area contributed by atoms with E-state index in [1.165, 1.54) is 0 Å². The van der Waals surface area contributed by atoms with Crippen molar-refractivity contribution in [1.29, 1.82) is 0 Å². The van der Waals surface area contributed by atoms with Crippen LogP contribution >= 0.6 is 0 Å². The number of hydrogen-bond donors (Lipinski definition) is 1. The highest BCUT2D eigenvalue weighted by Crippen LogP contribution is 1.87. The molecule has 0 saturated heterocycles. The Labute approximate surface area is 83.8 Å². The van der Waals surface area contributed by atoms with Gasteiger partial charge < -0.3 is 9.47 Å². The summed E-state index contributed by atoms with van der Waals surface area (Å²) in [7, 11) is 0. The van der Waals surface area contributed by atoms with Crippen molar-refractivity contribution < 1.29 is 19.1 Å². The Kier molecular flexibility index (Phi) is 6.74. The molecule has 0 bridgehead atoms. The van der Waals surface area contributed by atoms with E-state index in [0.717, 1.165) is 0 Å². The molecule has 0 saturated carbocycles. The zero-order valence-corrected chi connectivity index (χ0v) is 8.83. The Balaban J connectivity index is 3.67. The van der Waals surface area contributed by atoms with Crippen molar-refractivity contribution in [2.24, 2.45) is 0 Å². The topological polar surface area (TPSA) is 64.6 Å². The van der Waals surface area contributed by atoms with E-state index < -0.39 is 6.04 Å². The SMILES string of the molecule is CCOC(=O)CNC(C)C(=O)OCC. The third kappa shape index (κ3) is 5.53. The predicted octanol–water partition coefficient (Wildman–Crippen LogP) is 0.0907. The van der Waals surface area contributed by atoms with Gasteiger partial charge in [0.2, 0.25) is 0 Å². The number of nitrogens with one attached hydrogen (secondary N) is 1. The first-order valence-electron chi connectivity index (χ1n) is 4.67. The van der Waals surface area contributed by atoms with Crippen LogP contribution in [0.3, 0.4) is 0 Å². The monoisotopic (exact) mass is 203 g/mol. The van der Waals surface area contributed by atoms with E-state index in [2.05, 4.69) is 10.1 Å². The summed E-state index contributed by atoms with van der Waals surface area (Å²) < 4.78 is 9.42. The smallest absolute Gasteiger partial charge is 0.322 e. The lowest BCUT2D eigenvalue weighted by atomic mass is 10.3. The number of carbonyl (C=O) groups excluding carboxylic acids is 2. The van der Waals surface area contributed by atoms with Gasteiger partial charge in [-0.25, -0.2) is 0 Å². The van der Waals surface area contributed by atoms with Crippen LogP contribution < -0.4 is 5.32 Å². The first-order valence-corrected chi connectivity index (χ1v) is 4.67. The van der Waals surface area contributed by atoms with Crippen LogP contribution in [0, 0.1) is 0 Å². The highest BCUT2D eigenvalue weighted by Gasteiger charge is 2.14. The van der Waals surface area contributed by atoms with Crippen LogP contribution in [-0.4, -0.2) is 37.7 Å². The fraction of sp³-hybridized carbons (Fsp3) is 0.778. The van der Waals surface area contributed by atoms with Crippen LogP contribution in [0.5, 0.6) is 0 Å². The molecule has 0 aliphatic rings. The van der Waals surface area contributed by atoms with Gasteiger partial charge in [0, 0.05) is 0 Å². The maximum absolute atomic E-state index is 11.1. The van der Waals surface area contributed by atoms with E-state index in [1.54, 1.807) is 20.8 Å². The summed E-state index contributed by atoms with van der Waals surface area (Å²) in [4.78, 5) is 22.0. The quantitative estimate of drug-likeness (QED) is 0.620. The number of rotatable bonds is 6. The highest BCUT2D eigenvalue weighted by atomic mass is 16.5. The van der Waals surface area contributed by atoms with E-state index in [-0.39, 0.29) is 18.5 Å². The maximum Gasteiger partial charge on any atom is 0.322 e. The Morgan fingerprint density at radius 3 is 2.29 bits per heavy atom. The van der Waals surface area contributed by atoms with Gasteiger partial charge in [0.1, 0.15) is 6.04 Å². The Bertz CT molecular complexity index is 193. The third-order valence-corrected chi connectivity index (χ3v) is 1.50. The molecule has 0 spiro atoms. The van der Waals surface area contributed by atoms with E-state index in [9.17, 15) is 9.59 Å². The molecule has 0 heterocycles. The van der Waals surface area contributed by atoms with Gasteiger partial charge in [-0.3, -0.25) is 14.9 Å². The molecule has 5 nitrogen and oxygen atoms in total. The molecule has 1 unspecified atom stereocenters. The van der Waals surface area contributed by atoms with Gasteiger partial charge in [-0.15, -0.1) is 0 Å². The molecule has 0 radical (unpaired) electrons. The minimum atomic E-state index is -0.487. The molecule has 0 amide bonds. The molecule has 0 aliphatic heterocycles. The molecular weight excluding hydrogens is 186 g/mol. The van der Waals surface area contributed by atoms with Gasteiger partial charge in [0.05, 0.1) is 19.8 Å². The van der Waals surface area contributed by atoms with Crippen molar-refractivity contribution in [2.75, 3.05) is 19.8 Å². The minimum absolute atomic E-state index is 0.0216. The van der Waals surface area contributed by atoms with Gasteiger partial charge in [-0.2, -0.15) is 0 Å². The van der Waals surface area contributed by atoms with Crippen molar-refractivity contribution in [3.63, 3.8) is 0 Å². The van der Waals surface area contributed by atoms with Crippen LogP contribution in [0.2, 0.25) is 0 Å². The number of ether oxygens (including phenoxy) is 2. The fourth-order valence-electron chi connectivity index (χ4n) is 0.799. The van der Waals surface area contributed by atoms with Crippen molar-refractivity contribution in [3.8, 4) is 0 Å². The van der Waals surface area contributed by atoms with Crippen LogP contribution in [0.15, 0.2) is 0 Å². The van der Waals surface area contributed by atoms with Gasteiger partial charge in [0.15, 0.2) is 0 Å². The van der Waals surface area contributed by atoms with Crippen LogP contribution in [0.4, 0.5) is 0 Å². The molecule has 0 fully saturated rings. The molecule has 5 heteroatoms. The Morgan fingerprint density at radius 2 is 1.79 bits per heavy atom. The van der Waals surface area contributed by atoms with Crippen LogP contribution in [0.25, 0.3) is 0 Å². The molecule has 0 aromatic carbocycles. The second-order valence-corrected chi connectivity index (χ2v) is 2.66. The standard InChI is InChI=1S/C9H17NO4/c1-4-13-8(11)6-10-7(3)9(12)14-5-2/h7,10H,4-6H2,1-3H3. The van der Waals surface area contributed by atoms with Crippen molar-refractivity contribution in [1.82, 2.24) is 5.32 Å². The average molecular weight is 203 g/mol. The second kappa shape index (κ2) is 7.32. The molecule has 1 N–H and O–H groups in total. The summed E-state index contributed by atoms with van der Waals surface area (Å²) >= 11 is 0. The largest absolute Gasteiger partial charge is 0.465 e. The average Bonchev–Trinajstić information content (AvgIpc) is 2.15. The molecule has 0 aromatic rings. The second-order valence-electron chi connectivity index (χ2n) is 2.66. The van der Waals surface area contributed by atoms with Crippen LogP contribution in [-0.2, 0) is 19.1 Å². The summed E-state index contributed by atoms with van der Waals surface area (Å²) in [5.41, 5.74) is 0. The molecule has 0 aliphatic carbocycles. The molecule has 1 atom stereocenters. The first-order chi connectivity index (χ1) is 6.61. The minimum Gasteiger partial charge on any atom is -0.465 e. The number of hydrogen-bond acceptors (Lipinski definition) is 5. The van der Waals surface area contributed by atoms with Crippen molar-refractivity contribution >= 4 is 11.9 Å². The first kappa shape index (κ1) is 12.9. The highest BCUT2D eigenvalue weighted by molar-refractivity contribution is 5.77. The summed E-state index contributed by atoms with van der Waals surface area (Å²) in [6.07, 6.45) is 0. The lowest BCUT2D eigenvalue weighted by Crippen LogP contribution is -2.39. The van der Waals surface area contributed by atoms with Crippen molar-refractivity contribution in [3.05, 3.63) is 0 Å². The normalized spacial score (nSPS) is 11.9. The summed E-state index contributed by atoms with van der Waals surface area (Å²) in [6.45, 7) is 5.80. The molecular formula is C9H17NO4. The van der Waals surface area contributed by atoms with Crippen molar-refractivity contribution in [2.45, 2.75) is 26.8 Å². The van der Waals surface area contributed by atoms with Gasteiger partial charge in [-0.1, -0.05) is 0 Å². The van der Waals surface area contributed by atoms with Gasteiger partial charge in [-0.05, 0) is 20.8 Å². The van der Waals surface area contributed by atoms with Gasteiger partial charge in [0.25, 0.3) is 0 Å². The Hall–Kier alpha value is -1.10. The lowest BCUT2D eigenvalue weighted by molar-refractivity contribution is -0.146. The van der Waals surface area contributed by atoms with E-state index in [4.69, 9.17) is 4.74 Å². The number of carbonyl (C=O) groups is 2. The van der Waals surface area contributed by atoms with Gasteiger partial charge >= 0.3 is 11.9 Å². The van der Waals surface area contributed by atoms with E-state index >= 15 is 0 Å². The van der Waals surface area contributed by atoms with E-state index in [0.29, 0.717) is 13.2 Å². The predicted molar refractivity (Wildman–Crippen MR) is 50.7 cm³/mol. The number of esters is 2. The fourth-order valence-corrected chi connectivity index (χ4v) is 0.799. The lowest BCUT2D eigenvalue weighted by Gasteiger charge is -2.11. The third-order valence-electron chi connectivity index (χ3n) is 1.50. The molecule has 82 valence electrons. The summed E-state index contributed by atoms with van der Waals surface area (Å²) in [5, 5.41) is 2.70. The summed E-state index contributed by atoms with van der Waals surface area (Å²) in [5.74, 6) is -0.736. The van der Waals surface area contributed by atoms with E-state index in [1.807, 2.05) is 0 Å². The Morgan fingerprint density at radius 1 is 1.21 bits per heavy atom. The zero-order chi connectivity index (χ0) is 11.0. The molecule has 14 heavy (non-hydrogen) atoms. The molecule has 0 aromatic heterocycles. The summed E-state index contributed by atoms with van der Waals surface area (Å²) in [6, 6.07) is -0.487. The maximum atomic E-state index is 11.1. The zero-order valence-electron chi connectivity index (χ0n) is 8.83. The van der Waals surface area contributed by atoms with Crippen LogP contribution in [0.1, 0.15) is 20.8 Å². The molecule has 0 rings (SSSR count).